The molecule has 3 N–H and O–H groups in total. The Hall–Kier alpha value is -1.72. The summed E-state index contributed by atoms with van der Waals surface area (Å²) in [6, 6.07) is 9.36. The predicted octanol–water partition coefficient (Wildman–Crippen LogP) is 5.87. The summed E-state index contributed by atoms with van der Waals surface area (Å²) in [7, 11) is 0. The molecule has 1 aliphatic carbocycles. The molecule has 33 heavy (non-hydrogen) atoms. The van der Waals surface area contributed by atoms with Crippen LogP contribution in [0.25, 0.3) is 0 Å². The van der Waals surface area contributed by atoms with E-state index in [0.29, 0.717) is 6.42 Å². The maximum absolute atomic E-state index is 12.5. The molecule has 0 amide bonds. The summed E-state index contributed by atoms with van der Waals surface area (Å²) in [5, 5.41) is 30.2. The second-order valence-electron chi connectivity index (χ2n) is 9.88. The van der Waals surface area contributed by atoms with Crippen molar-refractivity contribution in [2.75, 3.05) is 0 Å². The van der Waals surface area contributed by atoms with Crippen LogP contribution in [0.2, 0.25) is 0 Å². The lowest BCUT2D eigenvalue weighted by Crippen LogP contribution is -2.21. The van der Waals surface area contributed by atoms with Gasteiger partial charge in [0, 0.05) is 12.3 Å². The Morgan fingerprint density at radius 1 is 0.939 bits per heavy atom. The van der Waals surface area contributed by atoms with E-state index in [1.807, 2.05) is 30.3 Å². The zero-order chi connectivity index (χ0) is 24.1. The van der Waals surface area contributed by atoms with Gasteiger partial charge in [0.15, 0.2) is 0 Å². The second kappa shape index (κ2) is 15.2. The first-order valence-electron chi connectivity index (χ1n) is 13.1. The Balaban J connectivity index is 1.70. The first kappa shape index (κ1) is 27.5. The van der Waals surface area contributed by atoms with Crippen molar-refractivity contribution < 1.29 is 24.9 Å². The van der Waals surface area contributed by atoms with Crippen LogP contribution >= 0.6 is 0 Å². The van der Waals surface area contributed by atoms with Gasteiger partial charge in [-0.1, -0.05) is 88.6 Å². The number of aliphatic hydroxyl groups excluding tert-OH is 2. The fourth-order valence-corrected chi connectivity index (χ4v) is 5.33. The molecule has 2 rings (SSSR count). The van der Waals surface area contributed by atoms with Crippen molar-refractivity contribution in [3.05, 3.63) is 35.9 Å². The molecule has 1 fully saturated rings. The number of ketones is 1. The van der Waals surface area contributed by atoms with Gasteiger partial charge in [-0.3, -0.25) is 9.59 Å². The maximum Gasteiger partial charge on any atom is 0.310 e. The first-order chi connectivity index (χ1) is 15.9. The summed E-state index contributed by atoms with van der Waals surface area (Å²) in [4.78, 5) is 24.1. The van der Waals surface area contributed by atoms with Crippen molar-refractivity contribution in [1.82, 2.24) is 0 Å². The van der Waals surface area contributed by atoms with Crippen molar-refractivity contribution in [1.29, 1.82) is 0 Å². The monoisotopic (exact) mass is 460 g/mol. The quantitative estimate of drug-likeness (QED) is 0.253. The number of rotatable bonds is 17. The molecule has 0 saturated heterocycles. The van der Waals surface area contributed by atoms with Crippen LogP contribution in [-0.2, 0) is 9.59 Å². The van der Waals surface area contributed by atoms with Gasteiger partial charge in [-0.25, -0.2) is 0 Å². The molecule has 2 unspecified atom stereocenters. The maximum atomic E-state index is 12.5. The van der Waals surface area contributed by atoms with Gasteiger partial charge < -0.3 is 15.3 Å². The second-order valence-corrected chi connectivity index (χ2v) is 9.88. The van der Waals surface area contributed by atoms with Gasteiger partial charge in [-0.05, 0) is 43.6 Å². The lowest BCUT2D eigenvalue weighted by Gasteiger charge is -2.22. The molecule has 5 heteroatoms. The summed E-state index contributed by atoms with van der Waals surface area (Å²) in [6.07, 6.45) is 11.2. The number of carboxylic acid groups (broad SMARTS) is 1. The number of hydrogen-bond donors (Lipinski definition) is 3. The smallest absolute Gasteiger partial charge is 0.310 e. The summed E-state index contributed by atoms with van der Waals surface area (Å²) in [6.45, 7) is 2.18. The molecule has 1 aromatic rings. The fraction of sp³-hybridized carbons (Fsp3) is 0.714. The molecule has 5 atom stereocenters. The van der Waals surface area contributed by atoms with Gasteiger partial charge in [-0.2, -0.15) is 0 Å². The molecule has 186 valence electrons. The van der Waals surface area contributed by atoms with E-state index >= 15 is 0 Å². The highest BCUT2D eigenvalue weighted by Crippen LogP contribution is 2.37. The van der Waals surface area contributed by atoms with Crippen LogP contribution in [0.3, 0.4) is 0 Å². The van der Waals surface area contributed by atoms with E-state index in [4.69, 9.17) is 0 Å². The minimum absolute atomic E-state index is 0.000813. The first-order valence-corrected chi connectivity index (χ1v) is 13.1. The highest BCUT2D eigenvalue weighted by Gasteiger charge is 2.40. The number of carbonyl (C=O) groups is 2. The Morgan fingerprint density at radius 2 is 1.61 bits per heavy atom. The van der Waals surface area contributed by atoms with E-state index in [-0.39, 0.29) is 30.1 Å². The van der Waals surface area contributed by atoms with Gasteiger partial charge in [0.05, 0.1) is 18.1 Å². The van der Waals surface area contributed by atoms with Crippen LogP contribution in [0.15, 0.2) is 30.3 Å². The minimum Gasteiger partial charge on any atom is -0.481 e. The van der Waals surface area contributed by atoms with Crippen LogP contribution < -0.4 is 0 Å². The number of aliphatic carboxylic acids is 1. The van der Waals surface area contributed by atoms with E-state index < -0.39 is 18.0 Å². The van der Waals surface area contributed by atoms with E-state index in [1.54, 1.807) is 0 Å². The SMILES string of the molecule is CCCCCCC(O)CCC[C@H]1[C@H](O)CC(=O)[C@@H]1CCCCCC(C(=O)O)c1ccccc1. The van der Waals surface area contributed by atoms with Crippen LogP contribution in [0, 0.1) is 11.8 Å². The Labute approximate surface area is 199 Å². The molecule has 0 spiro atoms. The van der Waals surface area contributed by atoms with Crippen molar-refractivity contribution in [2.24, 2.45) is 11.8 Å². The number of unbranched alkanes of at least 4 members (excludes halogenated alkanes) is 5. The van der Waals surface area contributed by atoms with Crippen molar-refractivity contribution in [2.45, 2.75) is 115 Å². The molecule has 0 bridgehead atoms. The van der Waals surface area contributed by atoms with E-state index in [9.17, 15) is 24.9 Å². The van der Waals surface area contributed by atoms with Crippen molar-refractivity contribution in [3.63, 3.8) is 0 Å². The normalized spacial score (nSPS) is 22.4. The molecular weight excluding hydrogens is 416 g/mol. The van der Waals surface area contributed by atoms with E-state index in [0.717, 1.165) is 63.4 Å². The summed E-state index contributed by atoms with van der Waals surface area (Å²) >= 11 is 0. The topological polar surface area (TPSA) is 94.8 Å². The average molecular weight is 461 g/mol. The number of aliphatic hydroxyl groups is 2. The standard InChI is InChI=1S/C28H44O5/c1-2-3-4-9-15-22(29)16-12-19-25-24(26(30)20-27(25)31)18-11-6-10-17-23(28(32)33)21-13-7-5-8-14-21/h5,7-8,13-14,22-25,27,29,31H,2-4,6,9-12,15-20H2,1H3,(H,32,33)/t22?,23?,24-,25-,27-/m1/s1. The number of benzene rings is 1. The fourth-order valence-electron chi connectivity index (χ4n) is 5.33. The highest BCUT2D eigenvalue weighted by molar-refractivity contribution is 5.84. The Bertz CT molecular complexity index is 689. The summed E-state index contributed by atoms with van der Waals surface area (Å²) in [5.74, 6) is -1.20. The zero-order valence-electron chi connectivity index (χ0n) is 20.3. The largest absolute Gasteiger partial charge is 0.481 e. The van der Waals surface area contributed by atoms with Crippen LogP contribution in [-0.4, -0.2) is 39.3 Å². The molecule has 1 saturated carbocycles. The molecule has 0 aliphatic heterocycles. The number of carbonyl (C=O) groups excluding carboxylic acids is 1. The van der Waals surface area contributed by atoms with Crippen LogP contribution in [0.1, 0.15) is 108 Å². The van der Waals surface area contributed by atoms with Gasteiger partial charge >= 0.3 is 5.97 Å². The molecular formula is C28H44O5. The third-order valence-electron chi connectivity index (χ3n) is 7.31. The number of hydrogen-bond acceptors (Lipinski definition) is 4. The molecule has 0 radical (unpaired) electrons. The molecule has 0 heterocycles. The number of carboxylic acids is 1. The minimum atomic E-state index is -0.789. The third kappa shape index (κ3) is 9.58. The van der Waals surface area contributed by atoms with Crippen molar-refractivity contribution in [3.8, 4) is 0 Å². The zero-order valence-corrected chi connectivity index (χ0v) is 20.3. The van der Waals surface area contributed by atoms with E-state index in [1.165, 1.54) is 19.3 Å². The Kier molecular flexibility index (Phi) is 12.7. The Morgan fingerprint density at radius 3 is 2.30 bits per heavy atom. The highest BCUT2D eigenvalue weighted by atomic mass is 16.4. The predicted molar refractivity (Wildman–Crippen MR) is 131 cm³/mol. The lowest BCUT2D eigenvalue weighted by molar-refractivity contribution is -0.139. The van der Waals surface area contributed by atoms with Gasteiger partial charge in [0.2, 0.25) is 0 Å². The van der Waals surface area contributed by atoms with Gasteiger partial charge in [-0.15, -0.1) is 0 Å². The molecule has 1 aliphatic rings. The van der Waals surface area contributed by atoms with Crippen LogP contribution in [0.5, 0.6) is 0 Å². The number of Topliss-reactive ketones (excluding diaryl/α,β-unsaturated/α-hetero) is 1. The lowest BCUT2D eigenvalue weighted by atomic mass is 9.85. The molecule has 5 nitrogen and oxygen atoms in total. The molecule has 1 aromatic carbocycles. The summed E-state index contributed by atoms with van der Waals surface area (Å²) < 4.78 is 0. The summed E-state index contributed by atoms with van der Waals surface area (Å²) in [5.41, 5.74) is 0.840. The molecule has 0 aromatic heterocycles. The van der Waals surface area contributed by atoms with E-state index in [2.05, 4.69) is 6.92 Å². The third-order valence-corrected chi connectivity index (χ3v) is 7.31. The van der Waals surface area contributed by atoms with Crippen LogP contribution in [0.4, 0.5) is 0 Å². The van der Waals surface area contributed by atoms with Gasteiger partial charge in [0.1, 0.15) is 5.78 Å². The van der Waals surface area contributed by atoms with Gasteiger partial charge in [0.25, 0.3) is 0 Å². The van der Waals surface area contributed by atoms with Crippen molar-refractivity contribution >= 4 is 11.8 Å². The average Bonchev–Trinajstić information content (AvgIpc) is 3.06.